The van der Waals surface area contributed by atoms with E-state index in [0.29, 0.717) is 39.5 Å². The molecule has 0 saturated carbocycles. The SMILES string of the molecule is COc1ccc(/C(=C\c2ccc(/C=C(\c3ccc4ccccc4c3)S(=O)(=O)c3ccc(OC)cc3)cc2)S(=O)(=O)c2ccc(OC)cc2)cc1. The minimum Gasteiger partial charge on any atom is -0.497 e. The third-order valence-corrected chi connectivity index (χ3v) is 11.9. The highest BCUT2D eigenvalue weighted by molar-refractivity contribution is 8.01. The zero-order valence-corrected chi connectivity index (χ0v) is 29.2. The van der Waals surface area contributed by atoms with Gasteiger partial charge in [-0.25, -0.2) is 16.8 Å². The smallest absolute Gasteiger partial charge is 0.207 e. The van der Waals surface area contributed by atoms with Gasteiger partial charge in [0.1, 0.15) is 17.2 Å². The first-order valence-electron chi connectivity index (χ1n) is 15.6. The molecular weight excluding hydrogens is 669 g/mol. The minimum absolute atomic E-state index is 0.0903. The Labute approximate surface area is 292 Å². The van der Waals surface area contributed by atoms with Crippen molar-refractivity contribution in [3.63, 3.8) is 0 Å². The summed E-state index contributed by atoms with van der Waals surface area (Å²) >= 11 is 0. The number of fused-ring (bicyclic) bond motifs is 1. The Hall–Kier alpha value is -5.64. The van der Waals surface area contributed by atoms with E-state index in [2.05, 4.69) is 0 Å². The van der Waals surface area contributed by atoms with Crippen molar-refractivity contribution in [2.45, 2.75) is 9.79 Å². The van der Waals surface area contributed by atoms with Crippen molar-refractivity contribution >= 4 is 52.4 Å². The molecule has 50 heavy (non-hydrogen) atoms. The zero-order chi connectivity index (χ0) is 35.3. The van der Waals surface area contributed by atoms with Crippen molar-refractivity contribution < 1.29 is 31.0 Å². The molecule has 252 valence electrons. The second-order valence-corrected chi connectivity index (χ2v) is 15.2. The number of methoxy groups -OCH3 is 3. The fourth-order valence-corrected chi connectivity index (χ4v) is 8.45. The standard InChI is InChI=1S/C41H34O7S2/c1-46-35-16-14-32(15-17-35)40(49(42,43)38-22-18-36(47-2)19-23-38)26-29-8-10-30(11-9-29)27-41(34-13-12-31-6-4-5-7-33(31)28-34)50(44,45)39-24-20-37(48-3)21-25-39/h4-28H,1-3H3/b40-26+,41-27+. The molecule has 0 atom stereocenters. The Balaban J connectivity index is 1.44. The minimum atomic E-state index is -3.98. The molecule has 0 spiro atoms. The second kappa shape index (κ2) is 14.5. The third kappa shape index (κ3) is 7.19. The Kier molecular flexibility index (Phi) is 9.90. The average molecular weight is 703 g/mol. The lowest BCUT2D eigenvalue weighted by Crippen LogP contribution is -2.05. The number of ether oxygens (including phenoxy) is 3. The van der Waals surface area contributed by atoms with Gasteiger partial charge in [0.25, 0.3) is 0 Å². The van der Waals surface area contributed by atoms with Crippen LogP contribution in [0.25, 0.3) is 32.7 Å². The molecule has 0 saturated heterocycles. The number of sulfone groups is 2. The fraction of sp³-hybridized carbons (Fsp3) is 0.0732. The van der Waals surface area contributed by atoms with Gasteiger partial charge in [0.2, 0.25) is 19.7 Å². The van der Waals surface area contributed by atoms with E-state index in [0.717, 1.165) is 10.8 Å². The van der Waals surface area contributed by atoms with E-state index in [-0.39, 0.29) is 19.6 Å². The summed E-state index contributed by atoms with van der Waals surface area (Å²) in [5.74, 6) is 1.68. The quantitative estimate of drug-likeness (QED) is 0.125. The van der Waals surface area contributed by atoms with E-state index in [9.17, 15) is 16.8 Å². The highest BCUT2D eigenvalue weighted by atomic mass is 32.2. The molecular formula is C41H34O7S2. The Bertz CT molecular complexity index is 2410. The van der Waals surface area contributed by atoms with Crippen molar-refractivity contribution in [1.82, 2.24) is 0 Å². The molecule has 7 nitrogen and oxygen atoms in total. The van der Waals surface area contributed by atoms with Crippen molar-refractivity contribution in [1.29, 1.82) is 0 Å². The molecule has 0 radical (unpaired) electrons. The van der Waals surface area contributed by atoms with Crippen LogP contribution < -0.4 is 14.2 Å². The van der Waals surface area contributed by atoms with E-state index >= 15 is 0 Å². The van der Waals surface area contributed by atoms with Gasteiger partial charge in [-0.15, -0.1) is 0 Å². The number of hydrogen-bond acceptors (Lipinski definition) is 7. The monoisotopic (exact) mass is 702 g/mol. The van der Waals surface area contributed by atoms with E-state index in [4.69, 9.17) is 14.2 Å². The molecule has 0 bridgehead atoms. The average Bonchev–Trinajstić information content (AvgIpc) is 3.16. The molecule has 0 fully saturated rings. The fourth-order valence-electron chi connectivity index (χ4n) is 5.48. The zero-order valence-electron chi connectivity index (χ0n) is 27.6. The molecule has 0 aromatic heterocycles. The van der Waals surface area contributed by atoms with Gasteiger partial charge in [0.15, 0.2) is 0 Å². The van der Waals surface area contributed by atoms with E-state index in [1.165, 1.54) is 38.5 Å². The molecule has 6 aromatic rings. The van der Waals surface area contributed by atoms with E-state index in [1.807, 2.05) is 36.4 Å². The molecule has 0 N–H and O–H groups in total. The molecule has 0 aliphatic rings. The highest BCUT2D eigenvalue weighted by Gasteiger charge is 2.24. The van der Waals surface area contributed by atoms with Crippen molar-refractivity contribution in [2.24, 2.45) is 0 Å². The van der Waals surface area contributed by atoms with Crippen molar-refractivity contribution in [2.75, 3.05) is 21.3 Å². The molecule has 0 aliphatic carbocycles. The number of hydrogen-bond donors (Lipinski definition) is 0. The maximum absolute atomic E-state index is 14.2. The van der Waals surface area contributed by atoms with Crippen LogP contribution in [-0.4, -0.2) is 38.2 Å². The van der Waals surface area contributed by atoms with Crippen LogP contribution in [0.4, 0.5) is 0 Å². The van der Waals surface area contributed by atoms with Crippen LogP contribution in [0.5, 0.6) is 17.2 Å². The summed E-state index contributed by atoms with van der Waals surface area (Å²) in [5.41, 5.74) is 2.24. The molecule has 0 heterocycles. The summed E-state index contributed by atoms with van der Waals surface area (Å²) in [7, 11) is -3.36. The molecule has 0 amide bonds. The topological polar surface area (TPSA) is 96.0 Å². The van der Waals surface area contributed by atoms with Crippen LogP contribution >= 0.6 is 0 Å². The van der Waals surface area contributed by atoms with Crippen molar-refractivity contribution in [3.05, 3.63) is 162 Å². The highest BCUT2D eigenvalue weighted by Crippen LogP contribution is 2.35. The van der Waals surface area contributed by atoms with Crippen LogP contribution in [-0.2, 0) is 19.7 Å². The predicted octanol–water partition coefficient (Wildman–Crippen LogP) is 8.81. The van der Waals surface area contributed by atoms with Gasteiger partial charge in [-0.3, -0.25) is 0 Å². The summed E-state index contributed by atoms with van der Waals surface area (Å²) in [6.07, 6.45) is 3.24. The molecule has 9 heteroatoms. The molecule has 6 rings (SSSR count). The maximum atomic E-state index is 14.2. The summed E-state index contributed by atoms with van der Waals surface area (Å²) in [6.45, 7) is 0. The van der Waals surface area contributed by atoms with E-state index < -0.39 is 19.7 Å². The van der Waals surface area contributed by atoms with Gasteiger partial charge in [-0.05, 0) is 124 Å². The normalized spacial score (nSPS) is 12.5. The maximum Gasteiger partial charge on any atom is 0.207 e. The van der Waals surface area contributed by atoms with Gasteiger partial charge in [0, 0.05) is 0 Å². The van der Waals surface area contributed by atoms with Crippen LogP contribution in [0.1, 0.15) is 22.3 Å². The van der Waals surface area contributed by atoms with Gasteiger partial charge in [0.05, 0.1) is 40.9 Å². The number of rotatable bonds is 11. The van der Waals surface area contributed by atoms with Crippen LogP contribution in [0.3, 0.4) is 0 Å². The van der Waals surface area contributed by atoms with Crippen LogP contribution in [0.15, 0.2) is 149 Å². The summed E-state index contributed by atoms with van der Waals surface area (Å²) < 4.78 is 72.1. The Morgan fingerprint density at radius 1 is 0.440 bits per heavy atom. The summed E-state index contributed by atoms with van der Waals surface area (Å²) in [4.78, 5) is 0.457. The van der Waals surface area contributed by atoms with Gasteiger partial charge < -0.3 is 14.2 Å². The predicted molar refractivity (Wildman–Crippen MR) is 199 cm³/mol. The molecule has 0 unspecified atom stereocenters. The van der Waals surface area contributed by atoms with Crippen LogP contribution in [0, 0.1) is 0 Å². The first kappa shape index (κ1) is 34.2. The van der Waals surface area contributed by atoms with E-state index in [1.54, 1.807) is 98.1 Å². The molecule has 6 aromatic carbocycles. The molecule has 0 aliphatic heterocycles. The van der Waals surface area contributed by atoms with Gasteiger partial charge in [-0.2, -0.15) is 0 Å². The number of benzene rings is 6. The third-order valence-electron chi connectivity index (χ3n) is 8.26. The summed E-state index contributed by atoms with van der Waals surface area (Å²) in [6, 6.07) is 39.7. The second-order valence-electron chi connectivity index (χ2n) is 11.3. The lowest BCUT2D eigenvalue weighted by molar-refractivity contribution is 0.414. The van der Waals surface area contributed by atoms with Crippen molar-refractivity contribution in [3.8, 4) is 17.2 Å². The van der Waals surface area contributed by atoms with Gasteiger partial charge >= 0.3 is 0 Å². The lowest BCUT2D eigenvalue weighted by Gasteiger charge is -2.13. The summed E-state index contributed by atoms with van der Waals surface area (Å²) in [5, 5.41) is 1.90. The first-order chi connectivity index (χ1) is 24.1. The van der Waals surface area contributed by atoms with Gasteiger partial charge in [-0.1, -0.05) is 60.7 Å². The lowest BCUT2D eigenvalue weighted by atomic mass is 10.0. The largest absolute Gasteiger partial charge is 0.497 e. The van der Waals surface area contributed by atoms with Crippen LogP contribution in [0.2, 0.25) is 0 Å². The Morgan fingerprint density at radius 3 is 1.26 bits per heavy atom. The Morgan fingerprint density at radius 2 is 0.820 bits per heavy atom. The first-order valence-corrected chi connectivity index (χ1v) is 18.5.